The lowest BCUT2D eigenvalue weighted by Gasteiger charge is -2.29. The standard InChI is InChI=1S/C14H20ClN3O2/c1-18(12-5-4-11(15)8-16-12)9-13(20)17-14(10-19)6-2-3-7-14/h4-5,8,19H,2-3,6-7,9-10H2,1H3,(H,17,20). The van der Waals surface area contributed by atoms with E-state index in [1.807, 2.05) is 0 Å². The van der Waals surface area contributed by atoms with Gasteiger partial charge in [-0.15, -0.1) is 0 Å². The van der Waals surface area contributed by atoms with Gasteiger partial charge < -0.3 is 15.3 Å². The number of carbonyl (C=O) groups excluding carboxylic acids is 1. The molecule has 0 unspecified atom stereocenters. The van der Waals surface area contributed by atoms with Crippen molar-refractivity contribution in [2.45, 2.75) is 31.2 Å². The Morgan fingerprint density at radius 3 is 2.75 bits per heavy atom. The largest absolute Gasteiger partial charge is 0.394 e. The van der Waals surface area contributed by atoms with Crippen molar-refractivity contribution in [3.63, 3.8) is 0 Å². The topological polar surface area (TPSA) is 65.5 Å². The first kappa shape index (κ1) is 15.1. The molecule has 0 aromatic carbocycles. The summed E-state index contributed by atoms with van der Waals surface area (Å²) in [6.07, 6.45) is 5.35. The highest BCUT2D eigenvalue weighted by Gasteiger charge is 2.34. The number of aromatic nitrogens is 1. The Hall–Kier alpha value is -1.33. The van der Waals surface area contributed by atoms with Gasteiger partial charge in [0, 0.05) is 13.2 Å². The number of rotatable bonds is 5. The highest BCUT2D eigenvalue weighted by atomic mass is 35.5. The van der Waals surface area contributed by atoms with Crippen LogP contribution in [-0.4, -0.2) is 41.7 Å². The minimum Gasteiger partial charge on any atom is -0.394 e. The van der Waals surface area contributed by atoms with Crippen molar-refractivity contribution in [3.05, 3.63) is 23.4 Å². The first-order chi connectivity index (χ1) is 9.54. The van der Waals surface area contributed by atoms with Gasteiger partial charge in [0.05, 0.1) is 23.7 Å². The third kappa shape index (κ3) is 3.61. The van der Waals surface area contributed by atoms with Crippen LogP contribution in [0.4, 0.5) is 5.82 Å². The molecule has 2 rings (SSSR count). The molecular formula is C14H20ClN3O2. The molecule has 1 amide bonds. The van der Waals surface area contributed by atoms with Crippen molar-refractivity contribution in [1.82, 2.24) is 10.3 Å². The van der Waals surface area contributed by atoms with Crippen molar-refractivity contribution in [3.8, 4) is 0 Å². The summed E-state index contributed by atoms with van der Waals surface area (Å²) in [5.74, 6) is 0.592. The zero-order valence-electron chi connectivity index (χ0n) is 11.6. The minimum atomic E-state index is -0.425. The molecule has 0 aliphatic heterocycles. The van der Waals surface area contributed by atoms with Crippen LogP contribution >= 0.6 is 11.6 Å². The number of aliphatic hydroxyl groups excluding tert-OH is 1. The second-order valence-corrected chi connectivity index (χ2v) is 5.82. The number of carbonyl (C=O) groups is 1. The number of hydrogen-bond donors (Lipinski definition) is 2. The molecular weight excluding hydrogens is 278 g/mol. The molecule has 1 fully saturated rings. The Kier molecular flexibility index (Phi) is 4.83. The maximum Gasteiger partial charge on any atom is 0.240 e. The first-order valence-corrected chi connectivity index (χ1v) is 7.17. The van der Waals surface area contributed by atoms with E-state index in [1.165, 1.54) is 0 Å². The predicted octanol–water partition coefficient (Wildman–Crippen LogP) is 1.59. The van der Waals surface area contributed by atoms with E-state index in [2.05, 4.69) is 10.3 Å². The smallest absolute Gasteiger partial charge is 0.240 e. The normalized spacial score (nSPS) is 16.9. The molecule has 1 aromatic heterocycles. The number of likely N-dealkylation sites (N-methyl/N-ethyl adjacent to an activating group) is 1. The Morgan fingerprint density at radius 1 is 1.50 bits per heavy atom. The van der Waals surface area contributed by atoms with Crippen LogP contribution in [0.1, 0.15) is 25.7 Å². The van der Waals surface area contributed by atoms with Gasteiger partial charge in [-0.2, -0.15) is 0 Å². The summed E-state index contributed by atoms with van der Waals surface area (Å²) in [5.41, 5.74) is -0.425. The fourth-order valence-electron chi connectivity index (χ4n) is 2.60. The molecule has 0 radical (unpaired) electrons. The van der Waals surface area contributed by atoms with E-state index in [9.17, 15) is 9.90 Å². The fraction of sp³-hybridized carbons (Fsp3) is 0.571. The number of aliphatic hydroxyl groups is 1. The van der Waals surface area contributed by atoms with Gasteiger partial charge >= 0.3 is 0 Å². The zero-order valence-corrected chi connectivity index (χ0v) is 12.4. The summed E-state index contributed by atoms with van der Waals surface area (Å²) in [5, 5.41) is 13.0. The maximum atomic E-state index is 12.1. The van der Waals surface area contributed by atoms with Gasteiger partial charge in [0.25, 0.3) is 0 Å². The summed E-state index contributed by atoms with van der Waals surface area (Å²) in [6.45, 7) is 0.206. The van der Waals surface area contributed by atoms with E-state index in [4.69, 9.17) is 11.6 Å². The predicted molar refractivity (Wildman–Crippen MR) is 78.9 cm³/mol. The van der Waals surface area contributed by atoms with Crippen LogP contribution in [0.2, 0.25) is 5.02 Å². The van der Waals surface area contributed by atoms with Crippen LogP contribution in [0, 0.1) is 0 Å². The summed E-state index contributed by atoms with van der Waals surface area (Å²) in [6, 6.07) is 3.51. The molecule has 5 nitrogen and oxygen atoms in total. The van der Waals surface area contributed by atoms with Gasteiger partial charge in [-0.05, 0) is 25.0 Å². The molecule has 1 saturated carbocycles. The van der Waals surface area contributed by atoms with Gasteiger partial charge in [-0.1, -0.05) is 24.4 Å². The molecule has 20 heavy (non-hydrogen) atoms. The number of amides is 1. The number of hydrogen-bond acceptors (Lipinski definition) is 4. The molecule has 0 spiro atoms. The van der Waals surface area contributed by atoms with Crippen LogP contribution in [0.5, 0.6) is 0 Å². The monoisotopic (exact) mass is 297 g/mol. The first-order valence-electron chi connectivity index (χ1n) is 6.79. The van der Waals surface area contributed by atoms with Crippen molar-refractivity contribution < 1.29 is 9.90 Å². The highest BCUT2D eigenvalue weighted by Crippen LogP contribution is 2.29. The third-order valence-corrected chi connectivity index (χ3v) is 3.98. The van der Waals surface area contributed by atoms with Crippen LogP contribution in [0.3, 0.4) is 0 Å². The van der Waals surface area contributed by atoms with Gasteiger partial charge in [-0.3, -0.25) is 4.79 Å². The molecule has 1 aliphatic carbocycles. The summed E-state index contributed by atoms with van der Waals surface area (Å²) < 4.78 is 0. The molecule has 2 N–H and O–H groups in total. The van der Waals surface area contributed by atoms with Crippen molar-refractivity contribution >= 4 is 23.3 Å². The average molecular weight is 298 g/mol. The average Bonchev–Trinajstić information content (AvgIpc) is 2.88. The van der Waals surface area contributed by atoms with Gasteiger partial charge in [0.2, 0.25) is 5.91 Å². The SMILES string of the molecule is CN(CC(=O)NC1(CO)CCCC1)c1ccc(Cl)cn1. The summed E-state index contributed by atoms with van der Waals surface area (Å²) >= 11 is 5.78. The molecule has 0 atom stereocenters. The van der Waals surface area contributed by atoms with Crippen LogP contribution in [-0.2, 0) is 4.79 Å². The lowest BCUT2D eigenvalue weighted by atomic mass is 9.99. The number of nitrogens with one attached hydrogen (secondary N) is 1. The third-order valence-electron chi connectivity index (χ3n) is 3.75. The van der Waals surface area contributed by atoms with E-state index in [-0.39, 0.29) is 19.1 Å². The zero-order chi connectivity index (χ0) is 14.6. The van der Waals surface area contributed by atoms with Gasteiger partial charge in [-0.25, -0.2) is 4.98 Å². The van der Waals surface area contributed by atoms with Crippen molar-refractivity contribution in [2.24, 2.45) is 0 Å². The van der Waals surface area contributed by atoms with Crippen molar-refractivity contribution in [2.75, 3.05) is 25.1 Å². The molecule has 1 aliphatic rings. The molecule has 6 heteroatoms. The Bertz CT molecular complexity index is 458. The number of nitrogens with zero attached hydrogens (tertiary/aromatic N) is 2. The van der Waals surface area contributed by atoms with Gasteiger partial charge in [0.1, 0.15) is 5.82 Å². The number of pyridine rings is 1. The number of halogens is 1. The van der Waals surface area contributed by atoms with E-state index < -0.39 is 5.54 Å². The highest BCUT2D eigenvalue weighted by molar-refractivity contribution is 6.30. The number of anilines is 1. The second kappa shape index (κ2) is 6.41. The van der Waals surface area contributed by atoms with E-state index >= 15 is 0 Å². The summed E-state index contributed by atoms with van der Waals surface area (Å²) in [7, 11) is 1.80. The van der Waals surface area contributed by atoms with E-state index in [0.29, 0.717) is 10.8 Å². The quantitative estimate of drug-likeness (QED) is 0.866. The van der Waals surface area contributed by atoms with E-state index in [0.717, 1.165) is 25.7 Å². The molecule has 1 aromatic rings. The lowest BCUT2D eigenvalue weighted by Crippen LogP contribution is -2.51. The Balaban J connectivity index is 1.92. The van der Waals surface area contributed by atoms with Crippen LogP contribution in [0.15, 0.2) is 18.3 Å². The molecule has 0 bridgehead atoms. The Labute approximate surface area is 123 Å². The fourth-order valence-corrected chi connectivity index (χ4v) is 2.71. The van der Waals surface area contributed by atoms with Crippen LogP contribution in [0.25, 0.3) is 0 Å². The lowest BCUT2D eigenvalue weighted by molar-refractivity contribution is -0.122. The summed E-state index contributed by atoms with van der Waals surface area (Å²) in [4.78, 5) is 18.0. The molecule has 1 heterocycles. The molecule has 0 saturated heterocycles. The molecule has 110 valence electrons. The minimum absolute atomic E-state index is 0.00164. The maximum absolute atomic E-state index is 12.1. The second-order valence-electron chi connectivity index (χ2n) is 5.38. The van der Waals surface area contributed by atoms with Gasteiger partial charge in [0.15, 0.2) is 0 Å². The van der Waals surface area contributed by atoms with Crippen LogP contribution < -0.4 is 10.2 Å². The van der Waals surface area contributed by atoms with Crippen molar-refractivity contribution in [1.29, 1.82) is 0 Å². The van der Waals surface area contributed by atoms with E-state index in [1.54, 1.807) is 30.3 Å². The Morgan fingerprint density at radius 2 is 2.20 bits per heavy atom.